The van der Waals surface area contributed by atoms with Crippen molar-refractivity contribution >= 4 is 34.8 Å². The molecule has 104 valence electrons. The Labute approximate surface area is 126 Å². The molecule has 0 bridgehead atoms. The van der Waals surface area contributed by atoms with Crippen LogP contribution < -0.4 is 11.1 Å². The van der Waals surface area contributed by atoms with Crippen LogP contribution in [0.4, 0.5) is 5.69 Å². The molecule has 0 radical (unpaired) electrons. The summed E-state index contributed by atoms with van der Waals surface area (Å²) in [7, 11) is 0. The summed E-state index contributed by atoms with van der Waals surface area (Å²) >= 11 is 11.7. The lowest BCUT2D eigenvalue weighted by Crippen LogP contribution is -2.15. The van der Waals surface area contributed by atoms with Crippen molar-refractivity contribution in [2.45, 2.75) is 13.0 Å². The fourth-order valence-electron chi connectivity index (χ4n) is 1.75. The van der Waals surface area contributed by atoms with Gasteiger partial charge in [0.2, 0.25) is 5.91 Å². The lowest BCUT2D eigenvalue weighted by atomic mass is 10.1. The van der Waals surface area contributed by atoms with Gasteiger partial charge in [0.15, 0.2) is 0 Å². The quantitative estimate of drug-likeness (QED) is 0.834. The highest BCUT2D eigenvalue weighted by atomic mass is 35.5. The Morgan fingerprint density at radius 2 is 1.95 bits per heavy atom. The molecule has 2 aromatic rings. The molecule has 0 aliphatic carbocycles. The number of primary amides is 1. The molecule has 0 aliphatic heterocycles. The van der Waals surface area contributed by atoms with Gasteiger partial charge in [-0.15, -0.1) is 0 Å². The van der Waals surface area contributed by atoms with Gasteiger partial charge in [-0.05, 0) is 23.8 Å². The first-order valence-corrected chi connectivity index (χ1v) is 6.71. The number of hydrogen-bond acceptors (Lipinski definition) is 3. The van der Waals surface area contributed by atoms with Crippen LogP contribution in [-0.4, -0.2) is 10.9 Å². The zero-order valence-corrected chi connectivity index (χ0v) is 12.1. The van der Waals surface area contributed by atoms with E-state index in [0.717, 1.165) is 16.8 Å². The van der Waals surface area contributed by atoms with Gasteiger partial charge in [0, 0.05) is 29.0 Å². The highest BCUT2D eigenvalue weighted by Crippen LogP contribution is 2.20. The number of benzene rings is 1. The SMILES string of the molecule is NC(=O)Cc1cnc(Cl)cc1NCc1ccc(Cl)cc1. The van der Waals surface area contributed by atoms with Crippen molar-refractivity contribution in [3.63, 3.8) is 0 Å². The topological polar surface area (TPSA) is 68.0 Å². The van der Waals surface area contributed by atoms with E-state index in [4.69, 9.17) is 28.9 Å². The zero-order valence-electron chi connectivity index (χ0n) is 10.6. The number of amides is 1. The molecule has 20 heavy (non-hydrogen) atoms. The Morgan fingerprint density at radius 3 is 2.60 bits per heavy atom. The lowest BCUT2D eigenvalue weighted by molar-refractivity contribution is -0.117. The number of pyridine rings is 1. The third-order valence-electron chi connectivity index (χ3n) is 2.71. The van der Waals surface area contributed by atoms with Gasteiger partial charge in [-0.2, -0.15) is 0 Å². The number of nitrogens with zero attached hydrogens (tertiary/aromatic N) is 1. The minimum atomic E-state index is -0.413. The summed E-state index contributed by atoms with van der Waals surface area (Å²) in [4.78, 5) is 15.0. The molecule has 2 rings (SSSR count). The van der Waals surface area contributed by atoms with E-state index in [1.165, 1.54) is 0 Å². The van der Waals surface area contributed by atoms with Gasteiger partial charge in [-0.1, -0.05) is 35.3 Å². The fourth-order valence-corrected chi connectivity index (χ4v) is 2.03. The molecule has 0 fully saturated rings. The van der Waals surface area contributed by atoms with Crippen molar-refractivity contribution in [2.75, 3.05) is 5.32 Å². The third-order valence-corrected chi connectivity index (χ3v) is 3.17. The van der Waals surface area contributed by atoms with Crippen LogP contribution in [0.1, 0.15) is 11.1 Å². The number of anilines is 1. The number of rotatable bonds is 5. The first-order valence-electron chi connectivity index (χ1n) is 5.95. The first kappa shape index (κ1) is 14.6. The largest absolute Gasteiger partial charge is 0.381 e. The minimum Gasteiger partial charge on any atom is -0.381 e. The maximum Gasteiger partial charge on any atom is 0.221 e. The summed E-state index contributed by atoms with van der Waals surface area (Å²) in [5, 5.41) is 4.27. The number of nitrogens with two attached hydrogens (primary N) is 1. The monoisotopic (exact) mass is 309 g/mol. The van der Waals surface area contributed by atoms with Gasteiger partial charge < -0.3 is 11.1 Å². The molecule has 1 aromatic carbocycles. The molecular formula is C14H13Cl2N3O. The van der Waals surface area contributed by atoms with Crippen LogP contribution in [0.5, 0.6) is 0 Å². The van der Waals surface area contributed by atoms with Crippen molar-refractivity contribution in [3.8, 4) is 0 Å². The average Bonchev–Trinajstić information content (AvgIpc) is 2.40. The second-order valence-electron chi connectivity index (χ2n) is 4.29. The highest BCUT2D eigenvalue weighted by molar-refractivity contribution is 6.30. The average molecular weight is 310 g/mol. The predicted octanol–water partition coefficient (Wildman–Crippen LogP) is 3.03. The van der Waals surface area contributed by atoms with Crippen molar-refractivity contribution in [3.05, 3.63) is 57.8 Å². The Kier molecular flexibility index (Phi) is 4.82. The summed E-state index contributed by atoms with van der Waals surface area (Å²) in [5.74, 6) is -0.413. The molecule has 0 saturated heterocycles. The Balaban J connectivity index is 2.13. The number of carbonyl (C=O) groups excluding carboxylic acids is 1. The third kappa shape index (κ3) is 4.11. The Morgan fingerprint density at radius 1 is 1.25 bits per heavy atom. The first-order chi connectivity index (χ1) is 9.54. The number of halogens is 2. The molecule has 0 atom stereocenters. The Hall–Kier alpha value is -1.78. The zero-order chi connectivity index (χ0) is 14.5. The van der Waals surface area contributed by atoms with Gasteiger partial charge in [0.05, 0.1) is 6.42 Å². The maximum absolute atomic E-state index is 11.0. The van der Waals surface area contributed by atoms with E-state index in [0.29, 0.717) is 16.7 Å². The van der Waals surface area contributed by atoms with Crippen LogP contribution in [-0.2, 0) is 17.8 Å². The molecule has 0 saturated carbocycles. The lowest BCUT2D eigenvalue weighted by Gasteiger charge is -2.11. The summed E-state index contributed by atoms with van der Waals surface area (Å²) in [6.45, 7) is 0.587. The van der Waals surface area contributed by atoms with Crippen molar-refractivity contribution in [1.82, 2.24) is 4.98 Å². The van der Waals surface area contributed by atoms with Gasteiger partial charge in [-0.3, -0.25) is 4.79 Å². The van der Waals surface area contributed by atoms with Crippen molar-refractivity contribution in [2.24, 2.45) is 5.73 Å². The van der Waals surface area contributed by atoms with E-state index in [1.54, 1.807) is 12.3 Å². The molecular weight excluding hydrogens is 297 g/mol. The number of carbonyl (C=O) groups is 1. The molecule has 0 spiro atoms. The van der Waals surface area contributed by atoms with Gasteiger partial charge in [0.1, 0.15) is 5.15 Å². The molecule has 0 unspecified atom stereocenters. The van der Waals surface area contributed by atoms with Crippen LogP contribution in [0, 0.1) is 0 Å². The van der Waals surface area contributed by atoms with Gasteiger partial charge in [-0.25, -0.2) is 4.98 Å². The van der Waals surface area contributed by atoms with Crippen LogP contribution in [0.25, 0.3) is 0 Å². The number of nitrogens with one attached hydrogen (secondary N) is 1. The second kappa shape index (κ2) is 6.59. The second-order valence-corrected chi connectivity index (χ2v) is 5.11. The van der Waals surface area contributed by atoms with Gasteiger partial charge in [0.25, 0.3) is 0 Å². The highest BCUT2D eigenvalue weighted by Gasteiger charge is 2.07. The summed E-state index contributed by atoms with van der Waals surface area (Å²) in [6, 6.07) is 9.17. The molecule has 1 heterocycles. The molecule has 6 heteroatoms. The smallest absolute Gasteiger partial charge is 0.221 e. The Bertz CT molecular complexity index is 614. The van der Waals surface area contributed by atoms with Crippen LogP contribution in [0.15, 0.2) is 36.5 Å². The van der Waals surface area contributed by atoms with E-state index in [-0.39, 0.29) is 6.42 Å². The van der Waals surface area contributed by atoms with Crippen LogP contribution in [0.3, 0.4) is 0 Å². The standard InChI is InChI=1S/C14H13Cl2N3O/c15-11-3-1-9(2-4-11)7-18-12-6-13(16)19-8-10(12)5-14(17)20/h1-4,6,8H,5,7H2,(H2,17,20)(H,18,19). The van der Waals surface area contributed by atoms with Crippen molar-refractivity contribution < 1.29 is 4.79 Å². The minimum absolute atomic E-state index is 0.118. The van der Waals surface area contributed by atoms with E-state index in [2.05, 4.69) is 10.3 Å². The van der Waals surface area contributed by atoms with E-state index in [1.807, 2.05) is 24.3 Å². The van der Waals surface area contributed by atoms with Crippen molar-refractivity contribution in [1.29, 1.82) is 0 Å². The molecule has 3 N–H and O–H groups in total. The summed E-state index contributed by atoms with van der Waals surface area (Å²) in [6.07, 6.45) is 1.67. The molecule has 1 aromatic heterocycles. The molecule has 0 aliphatic rings. The summed E-state index contributed by atoms with van der Waals surface area (Å²) < 4.78 is 0. The van der Waals surface area contributed by atoms with Crippen LogP contribution >= 0.6 is 23.2 Å². The molecule has 1 amide bonds. The number of hydrogen-bond donors (Lipinski definition) is 2. The number of aromatic nitrogens is 1. The van der Waals surface area contributed by atoms with Crippen LogP contribution in [0.2, 0.25) is 10.2 Å². The van der Waals surface area contributed by atoms with E-state index >= 15 is 0 Å². The fraction of sp³-hybridized carbons (Fsp3) is 0.143. The summed E-state index contributed by atoms with van der Waals surface area (Å²) in [5.41, 5.74) is 7.74. The maximum atomic E-state index is 11.0. The van der Waals surface area contributed by atoms with E-state index < -0.39 is 5.91 Å². The van der Waals surface area contributed by atoms with Gasteiger partial charge >= 0.3 is 0 Å². The van der Waals surface area contributed by atoms with E-state index in [9.17, 15) is 4.79 Å². The predicted molar refractivity (Wildman–Crippen MR) is 80.9 cm³/mol. The normalized spacial score (nSPS) is 10.3. The molecule has 4 nitrogen and oxygen atoms in total.